The quantitative estimate of drug-likeness (QED) is 0.408. The molecule has 1 saturated heterocycles. The third kappa shape index (κ3) is 6.38. The molecule has 3 rings (SSSR count). The highest BCUT2D eigenvalue weighted by Gasteiger charge is 2.26. The third-order valence-corrected chi connectivity index (χ3v) is 4.69. The number of nitrogens with zero attached hydrogens (tertiary/aromatic N) is 3. The molecular weight excluding hydrogens is 428 g/mol. The molecule has 33 heavy (non-hydrogen) atoms. The van der Waals surface area contributed by atoms with Crippen LogP contribution in [0, 0.1) is 11.3 Å². The molecular formula is C22H26N6O5. The molecule has 11 nitrogen and oxygen atoms in total. The van der Waals surface area contributed by atoms with Gasteiger partial charge in [-0.1, -0.05) is 12.1 Å². The predicted octanol–water partition coefficient (Wildman–Crippen LogP) is 1.15. The number of carbonyl (C=O) groups is 2. The van der Waals surface area contributed by atoms with Gasteiger partial charge in [0.25, 0.3) is 5.91 Å². The van der Waals surface area contributed by atoms with Gasteiger partial charge in [0, 0.05) is 19.0 Å². The van der Waals surface area contributed by atoms with E-state index in [9.17, 15) is 20.0 Å². The van der Waals surface area contributed by atoms with E-state index in [0.29, 0.717) is 24.0 Å². The molecule has 2 aromatic rings. The summed E-state index contributed by atoms with van der Waals surface area (Å²) in [5.74, 6) is -0.328. The first-order chi connectivity index (χ1) is 15.7. The maximum atomic E-state index is 12.9. The fourth-order valence-corrected chi connectivity index (χ4v) is 3.10. The van der Waals surface area contributed by atoms with Crippen LogP contribution in [0.4, 0.5) is 5.82 Å². The van der Waals surface area contributed by atoms with Gasteiger partial charge in [-0.2, -0.15) is 10.2 Å². The number of nitrogens with one attached hydrogen (secondary N) is 3. The standard InChI is InChI=1S/C22H26N6O5/c1-22(2,31)12-33-28-20(30)17-19(24-3)26-18(14-6-4-5-13(9-14)10-23)27-21(17)32-11-15-7-8-16(29)25-15/h4-6,9,15,31H,7-8,11-12H2,1-3H3,(H,25,29)(H,28,30)(H,24,26,27). The van der Waals surface area contributed by atoms with E-state index in [0.717, 1.165) is 0 Å². The molecule has 0 aliphatic carbocycles. The van der Waals surface area contributed by atoms with Crippen LogP contribution in [0.15, 0.2) is 24.3 Å². The lowest BCUT2D eigenvalue weighted by molar-refractivity contribution is -0.119. The van der Waals surface area contributed by atoms with Crippen LogP contribution < -0.4 is 20.9 Å². The highest BCUT2D eigenvalue weighted by Crippen LogP contribution is 2.28. The predicted molar refractivity (Wildman–Crippen MR) is 118 cm³/mol. The van der Waals surface area contributed by atoms with Crippen molar-refractivity contribution in [2.45, 2.75) is 38.3 Å². The molecule has 1 unspecified atom stereocenters. The number of carbonyl (C=O) groups excluding carboxylic acids is 2. The van der Waals surface area contributed by atoms with Crippen LogP contribution in [-0.4, -0.2) is 58.8 Å². The van der Waals surface area contributed by atoms with Gasteiger partial charge < -0.3 is 20.5 Å². The van der Waals surface area contributed by atoms with Crippen LogP contribution in [0.2, 0.25) is 0 Å². The van der Waals surface area contributed by atoms with Gasteiger partial charge in [-0.05, 0) is 32.4 Å². The van der Waals surface area contributed by atoms with Gasteiger partial charge in [0.2, 0.25) is 11.8 Å². The number of rotatable bonds is 9. The Morgan fingerprint density at radius 2 is 2.18 bits per heavy atom. The molecule has 0 bridgehead atoms. The Morgan fingerprint density at radius 1 is 1.39 bits per heavy atom. The monoisotopic (exact) mass is 454 g/mol. The summed E-state index contributed by atoms with van der Waals surface area (Å²) in [6, 6.07) is 8.59. The number of aromatic nitrogens is 2. The summed E-state index contributed by atoms with van der Waals surface area (Å²) in [5.41, 5.74) is 2.12. The second kappa shape index (κ2) is 10.2. The minimum Gasteiger partial charge on any atom is -0.475 e. The van der Waals surface area contributed by atoms with E-state index in [1.54, 1.807) is 31.3 Å². The van der Waals surface area contributed by atoms with E-state index < -0.39 is 11.5 Å². The lowest BCUT2D eigenvalue weighted by Crippen LogP contribution is -2.34. The summed E-state index contributed by atoms with van der Waals surface area (Å²) in [6.07, 6.45) is 1.01. The second-order valence-corrected chi connectivity index (χ2v) is 8.16. The number of anilines is 1. The Hall–Kier alpha value is -3.75. The Bertz CT molecular complexity index is 1080. The molecule has 0 radical (unpaired) electrons. The first-order valence-corrected chi connectivity index (χ1v) is 10.4. The largest absolute Gasteiger partial charge is 0.475 e. The maximum absolute atomic E-state index is 12.9. The van der Waals surface area contributed by atoms with Crippen molar-refractivity contribution >= 4 is 17.6 Å². The van der Waals surface area contributed by atoms with Crippen LogP contribution in [0.25, 0.3) is 11.4 Å². The molecule has 11 heteroatoms. The summed E-state index contributed by atoms with van der Waals surface area (Å²) in [7, 11) is 1.59. The lowest BCUT2D eigenvalue weighted by Gasteiger charge is -2.19. The number of hydrogen-bond donors (Lipinski definition) is 4. The zero-order chi connectivity index (χ0) is 24.0. The molecule has 0 saturated carbocycles. The number of nitriles is 1. The van der Waals surface area contributed by atoms with Crippen molar-refractivity contribution < 1.29 is 24.3 Å². The molecule has 1 fully saturated rings. The van der Waals surface area contributed by atoms with Crippen LogP contribution >= 0.6 is 0 Å². The van der Waals surface area contributed by atoms with Gasteiger partial charge in [-0.15, -0.1) is 0 Å². The lowest BCUT2D eigenvalue weighted by atomic mass is 10.1. The van der Waals surface area contributed by atoms with E-state index >= 15 is 0 Å². The van der Waals surface area contributed by atoms with Crippen molar-refractivity contribution in [3.8, 4) is 23.3 Å². The normalized spacial score (nSPS) is 15.5. The van der Waals surface area contributed by atoms with Gasteiger partial charge in [-0.25, -0.2) is 10.5 Å². The molecule has 2 heterocycles. The van der Waals surface area contributed by atoms with Crippen molar-refractivity contribution in [3.63, 3.8) is 0 Å². The molecule has 2 amide bonds. The number of hydroxylamine groups is 1. The summed E-state index contributed by atoms with van der Waals surface area (Å²) in [6.45, 7) is 3.04. The number of hydrogen-bond acceptors (Lipinski definition) is 9. The van der Waals surface area contributed by atoms with Crippen molar-refractivity contribution in [2.75, 3.05) is 25.6 Å². The summed E-state index contributed by atoms with van der Waals surface area (Å²) < 4.78 is 5.86. The first-order valence-electron chi connectivity index (χ1n) is 10.4. The van der Waals surface area contributed by atoms with Crippen LogP contribution in [0.1, 0.15) is 42.6 Å². The third-order valence-electron chi connectivity index (χ3n) is 4.69. The highest BCUT2D eigenvalue weighted by atomic mass is 16.7. The summed E-state index contributed by atoms with van der Waals surface area (Å²) in [4.78, 5) is 38.4. The summed E-state index contributed by atoms with van der Waals surface area (Å²) >= 11 is 0. The molecule has 1 aromatic heterocycles. The Labute approximate surface area is 191 Å². The molecule has 4 N–H and O–H groups in total. The van der Waals surface area contributed by atoms with Gasteiger partial charge >= 0.3 is 0 Å². The maximum Gasteiger partial charge on any atom is 0.284 e. The van der Waals surface area contributed by atoms with Gasteiger partial charge in [0.05, 0.1) is 23.3 Å². The SMILES string of the molecule is CNc1nc(-c2cccc(C#N)c2)nc(OCC2CCC(=O)N2)c1C(=O)NOCC(C)(C)O. The van der Waals surface area contributed by atoms with Gasteiger partial charge in [0.15, 0.2) is 5.82 Å². The summed E-state index contributed by atoms with van der Waals surface area (Å²) in [5, 5.41) is 24.7. The first kappa shape index (κ1) is 23.9. The molecule has 1 aliphatic rings. The zero-order valence-electron chi connectivity index (χ0n) is 18.6. The van der Waals surface area contributed by atoms with E-state index in [4.69, 9.17) is 9.57 Å². The zero-order valence-corrected chi connectivity index (χ0v) is 18.6. The smallest absolute Gasteiger partial charge is 0.284 e. The Balaban J connectivity index is 1.95. The second-order valence-electron chi connectivity index (χ2n) is 8.16. The number of benzene rings is 1. The average molecular weight is 454 g/mol. The van der Waals surface area contributed by atoms with E-state index in [1.807, 2.05) is 0 Å². The Morgan fingerprint density at radius 3 is 2.82 bits per heavy atom. The van der Waals surface area contributed by atoms with E-state index in [-0.39, 0.29) is 48.2 Å². The number of aliphatic hydroxyl groups is 1. The average Bonchev–Trinajstić information content (AvgIpc) is 3.21. The highest BCUT2D eigenvalue weighted by molar-refractivity contribution is 6.00. The minimum atomic E-state index is -1.15. The molecule has 1 atom stereocenters. The van der Waals surface area contributed by atoms with Crippen molar-refractivity contribution in [2.24, 2.45) is 0 Å². The molecule has 1 aliphatic heterocycles. The van der Waals surface area contributed by atoms with Crippen molar-refractivity contribution in [3.05, 3.63) is 35.4 Å². The van der Waals surface area contributed by atoms with Crippen molar-refractivity contribution in [1.82, 2.24) is 20.8 Å². The fraction of sp³-hybridized carbons (Fsp3) is 0.409. The Kier molecular flexibility index (Phi) is 7.42. The number of amides is 2. The molecule has 174 valence electrons. The van der Waals surface area contributed by atoms with Gasteiger partial charge in [-0.3, -0.25) is 14.4 Å². The van der Waals surface area contributed by atoms with E-state index in [1.165, 1.54) is 13.8 Å². The van der Waals surface area contributed by atoms with E-state index in [2.05, 4.69) is 32.2 Å². The fourth-order valence-electron chi connectivity index (χ4n) is 3.10. The molecule has 0 spiro atoms. The van der Waals surface area contributed by atoms with Crippen LogP contribution in [0.3, 0.4) is 0 Å². The topological polar surface area (TPSA) is 158 Å². The minimum absolute atomic E-state index is 0.00208. The van der Waals surface area contributed by atoms with Gasteiger partial charge in [0.1, 0.15) is 24.6 Å². The van der Waals surface area contributed by atoms with Crippen molar-refractivity contribution in [1.29, 1.82) is 5.26 Å². The molecule has 1 aromatic carbocycles. The number of ether oxygens (including phenoxy) is 1. The van der Waals surface area contributed by atoms with Crippen LogP contribution in [0.5, 0.6) is 5.88 Å². The van der Waals surface area contributed by atoms with Crippen LogP contribution in [-0.2, 0) is 9.63 Å².